The second-order valence-electron chi connectivity index (χ2n) is 5.75. The molecule has 0 saturated carbocycles. The number of pyridine rings is 1. The van der Waals surface area contributed by atoms with Gasteiger partial charge in [0.1, 0.15) is 11.8 Å². The maximum atomic E-state index is 13.5. The minimum atomic E-state index is -5.19. The molecule has 2 aromatic heterocycles. The van der Waals surface area contributed by atoms with Crippen LogP contribution in [0.1, 0.15) is 31.6 Å². The Labute approximate surface area is 140 Å². The zero-order chi connectivity index (χ0) is 18.1. The smallest absolute Gasteiger partial charge is 0.428 e. The van der Waals surface area contributed by atoms with Crippen molar-refractivity contribution in [3.8, 4) is 17.5 Å². The number of ether oxygens (including phenoxy) is 1. The third kappa shape index (κ3) is 3.31. The van der Waals surface area contributed by atoms with Crippen molar-refractivity contribution in [2.75, 3.05) is 6.61 Å². The minimum absolute atomic E-state index is 0.104. The molecule has 0 spiro atoms. The molecule has 0 aliphatic carbocycles. The van der Waals surface area contributed by atoms with Gasteiger partial charge in [-0.3, -0.25) is 0 Å². The van der Waals surface area contributed by atoms with Crippen molar-refractivity contribution >= 4 is 0 Å². The number of aliphatic hydroxyl groups is 2. The molecule has 0 aromatic carbocycles. The van der Waals surface area contributed by atoms with E-state index < -0.39 is 23.8 Å². The van der Waals surface area contributed by atoms with Crippen LogP contribution < -0.4 is 4.74 Å². The van der Waals surface area contributed by atoms with E-state index in [4.69, 9.17) is 9.15 Å². The molecule has 3 heterocycles. The van der Waals surface area contributed by atoms with Crippen LogP contribution in [0.25, 0.3) is 11.6 Å². The van der Waals surface area contributed by atoms with E-state index in [2.05, 4.69) is 15.2 Å². The van der Waals surface area contributed by atoms with Gasteiger partial charge in [-0.05, 0) is 25.3 Å². The van der Waals surface area contributed by atoms with Crippen molar-refractivity contribution in [1.29, 1.82) is 0 Å². The van der Waals surface area contributed by atoms with Crippen LogP contribution in [0.5, 0.6) is 5.88 Å². The molecule has 136 valence electrons. The maximum Gasteiger partial charge on any atom is 0.428 e. The Balaban J connectivity index is 2.07. The summed E-state index contributed by atoms with van der Waals surface area (Å²) in [7, 11) is 0. The van der Waals surface area contributed by atoms with Crippen LogP contribution in [0.3, 0.4) is 0 Å². The van der Waals surface area contributed by atoms with Crippen molar-refractivity contribution in [3.63, 3.8) is 0 Å². The standard InChI is InChI=1S/C15H16F3N3O4/c16-15(17,18)14(23)10(22)6-2-1-3-8-24-11-7-4-5-9(19-11)12-20-21-13(14)25-12/h4-5,7,10,22-23H,1-3,6,8H2. The number of aliphatic hydroxyl groups excluding tert-OH is 1. The van der Waals surface area contributed by atoms with Crippen LogP contribution in [0.2, 0.25) is 0 Å². The van der Waals surface area contributed by atoms with E-state index in [0.29, 0.717) is 19.4 Å². The number of rotatable bonds is 0. The van der Waals surface area contributed by atoms with Gasteiger partial charge in [0, 0.05) is 6.07 Å². The molecule has 1 aliphatic heterocycles. The zero-order valence-electron chi connectivity index (χ0n) is 13.0. The first kappa shape index (κ1) is 17.6. The number of halogens is 3. The summed E-state index contributed by atoms with van der Waals surface area (Å²) < 4.78 is 50.9. The quantitative estimate of drug-likeness (QED) is 0.743. The van der Waals surface area contributed by atoms with Gasteiger partial charge in [-0.15, -0.1) is 10.2 Å². The number of fused-ring (bicyclic) bond motifs is 5. The highest BCUT2D eigenvalue weighted by molar-refractivity contribution is 5.47. The Morgan fingerprint density at radius 3 is 2.72 bits per heavy atom. The molecular weight excluding hydrogens is 343 g/mol. The lowest BCUT2D eigenvalue weighted by Crippen LogP contribution is -2.52. The van der Waals surface area contributed by atoms with E-state index in [-0.39, 0.29) is 30.3 Å². The second-order valence-corrected chi connectivity index (χ2v) is 5.75. The number of alkyl halides is 3. The van der Waals surface area contributed by atoms with E-state index in [1.54, 1.807) is 12.1 Å². The summed E-state index contributed by atoms with van der Waals surface area (Å²) >= 11 is 0. The van der Waals surface area contributed by atoms with Gasteiger partial charge in [0.15, 0.2) is 0 Å². The second kappa shape index (κ2) is 6.60. The SMILES string of the molecule is OC1CCCCCOc2cccc(n2)-c2nnc(o2)C1(O)C(F)(F)F. The van der Waals surface area contributed by atoms with E-state index in [0.717, 1.165) is 0 Å². The third-order valence-electron chi connectivity index (χ3n) is 3.98. The first-order chi connectivity index (χ1) is 11.8. The van der Waals surface area contributed by atoms with E-state index >= 15 is 0 Å². The van der Waals surface area contributed by atoms with Gasteiger partial charge in [0.2, 0.25) is 5.88 Å². The number of hydrogen-bond acceptors (Lipinski definition) is 7. The Kier molecular flexibility index (Phi) is 4.65. The lowest BCUT2D eigenvalue weighted by atomic mass is 9.91. The van der Waals surface area contributed by atoms with Crippen molar-refractivity contribution < 1.29 is 32.5 Å². The fraction of sp³-hybridized carbons (Fsp3) is 0.533. The fourth-order valence-corrected chi connectivity index (χ4v) is 2.55. The minimum Gasteiger partial charge on any atom is -0.478 e. The predicted molar refractivity (Wildman–Crippen MR) is 77.5 cm³/mol. The van der Waals surface area contributed by atoms with Crippen molar-refractivity contribution in [1.82, 2.24) is 15.2 Å². The monoisotopic (exact) mass is 359 g/mol. The molecule has 0 fully saturated rings. The van der Waals surface area contributed by atoms with E-state index in [1.165, 1.54) is 6.07 Å². The molecule has 0 saturated heterocycles. The Hall–Kier alpha value is -2.20. The Morgan fingerprint density at radius 2 is 1.96 bits per heavy atom. The molecule has 25 heavy (non-hydrogen) atoms. The zero-order valence-corrected chi connectivity index (χ0v) is 13.0. The molecule has 1 aliphatic rings. The van der Waals surface area contributed by atoms with Gasteiger partial charge in [0.05, 0.1) is 6.61 Å². The summed E-state index contributed by atoms with van der Waals surface area (Å²) in [5.41, 5.74) is -3.54. The molecule has 4 bridgehead atoms. The largest absolute Gasteiger partial charge is 0.478 e. The molecule has 0 radical (unpaired) electrons. The molecule has 7 nitrogen and oxygen atoms in total. The van der Waals surface area contributed by atoms with Crippen molar-refractivity contribution in [2.24, 2.45) is 0 Å². The highest BCUT2D eigenvalue weighted by atomic mass is 19.4. The van der Waals surface area contributed by atoms with Gasteiger partial charge in [-0.1, -0.05) is 12.5 Å². The lowest BCUT2D eigenvalue weighted by molar-refractivity contribution is -0.306. The normalized spacial score (nSPS) is 25.1. The first-order valence-corrected chi connectivity index (χ1v) is 7.74. The highest BCUT2D eigenvalue weighted by Crippen LogP contribution is 2.43. The number of nitrogens with zero attached hydrogens (tertiary/aromatic N) is 3. The van der Waals surface area contributed by atoms with Crippen molar-refractivity contribution in [3.05, 3.63) is 24.1 Å². The molecule has 3 rings (SSSR count). The Morgan fingerprint density at radius 1 is 1.16 bits per heavy atom. The Bertz CT molecular complexity index is 737. The number of hydrogen-bond donors (Lipinski definition) is 2. The summed E-state index contributed by atoms with van der Waals surface area (Å²) in [5, 5.41) is 27.0. The van der Waals surface area contributed by atoms with Crippen LogP contribution >= 0.6 is 0 Å². The average Bonchev–Trinajstić information content (AvgIpc) is 3.06. The molecule has 2 N–H and O–H groups in total. The van der Waals surface area contributed by atoms with Crippen LogP contribution in [0.4, 0.5) is 13.2 Å². The fourth-order valence-electron chi connectivity index (χ4n) is 2.55. The van der Waals surface area contributed by atoms with Gasteiger partial charge >= 0.3 is 6.18 Å². The molecule has 0 amide bonds. The van der Waals surface area contributed by atoms with Gasteiger partial charge < -0.3 is 19.4 Å². The molecule has 2 atom stereocenters. The highest BCUT2D eigenvalue weighted by Gasteiger charge is 2.63. The summed E-state index contributed by atoms with van der Waals surface area (Å²) in [6, 6.07) is 4.64. The van der Waals surface area contributed by atoms with Crippen LogP contribution in [-0.2, 0) is 5.60 Å². The molecule has 10 heteroatoms. The maximum absolute atomic E-state index is 13.5. The summed E-state index contributed by atoms with van der Waals surface area (Å²) in [4.78, 5) is 4.09. The number of aromatic nitrogens is 3. The van der Waals surface area contributed by atoms with Crippen LogP contribution in [0, 0.1) is 0 Å². The average molecular weight is 359 g/mol. The molecule has 2 aromatic rings. The van der Waals surface area contributed by atoms with E-state index in [9.17, 15) is 23.4 Å². The van der Waals surface area contributed by atoms with Crippen LogP contribution in [-0.4, -0.2) is 44.3 Å². The van der Waals surface area contributed by atoms with Gasteiger partial charge in [0.25, 0.3) is 17.4 Å². The molecule has 2 unspecified atom stereocenters. The van der Waals surface area contributed by atoms with Crippen molar-refractivity contribution in [2.45, 2.75) is 43.6 Å². The molecular formula is C15H16F3N3O4. The third-order valence-corrected chi connectivity index (χ3v) is 3.98. The summed E-state index contributed by atoms with van der Waals surface area (Å²) in [6.07, 6.45) is -6.26. The predicted octanol–water partition coefficient (Wildman–Crippen LogP) is 2.20. The van der Waals surface area contributed by atoms with Gasteiger partial charge in [-0.2, -0.15) is 13.2 Å². The van der Waals surface area contributed by atoms with E-state index in [1.807, 2.05) is 0 Å². The summed E-state index contributed by atoms with van der Waals surface area (Å²) in [6.45, 7) is 0.325. The summed E-state index contributed by atoms with van der Waals surface area (Å²) in [5.74, 6) is -1.15. The van der Waals surface area contributed by atoms with Crippen LogP contribution in [0.15, 0.2) is 22.6 Å². The lowest BCUT2D eigenvalue weighted by Gasteiger charge is -2.31. The van der Waals surface area contributed by atoms with Gasteiger partial charge in [-0.25, -0.2) is 4.98 Å². The topological polar surface area (TPSA) is 102 Å². The first-order valence-electron chi connectivity index (χ1n) is 7.74.